The monoisotopic (exact) mass is 422 g/mol. The lowest BCUT2D eigenvalue weighted by Crippen LogP contribution is -2.38. The number of nitro groups is 1. The van der Waals surface area contributed by atoms with Gasteiger partial charge in [0, 0.05) is 54.4 Å². The van der Waals surface area contributed by atoms with Gasteiger partial charge in [0.15, 0.2) is 5.78 Å². The Morgan fingerprint density at radius 1 is 1.16 bits per heavy atom. The van der Waals surface area contributed by atoms with Gasteiger partial charge in [-0.25, -0.2) is 0 Å². The van der Waals surface area contributed by atoms with E-state index in [0.717, 1.165) is 24.1 Å². The van der Waals surface area contributed by atoms with Crippen molar-refractivity contribution in [3.63, 3.8) is 0 Å². The third-order valence-electron chi connectivity index (χ3n) is 6.00. The van der Waals surface area contributed by atoms with E-state index in [4.69, 9.17) is 15.5 Å². The van der Waals surface area contributed by atoms with Crippen molar-refractivity contribution in [3.05, 3.63) is 56.8 Å². The zero-order valence-corrected chi connectivity index (χ0v) is 16.8. The number of fused-ring (bicyclic) bond motifs is 1. The van der Waals surface area contributed by atoms with Gasteiger partial charge in [-0.3, -0.25) is 14.9 Å². The molecule has 10 heteroatoms. The smallest absolute Gasteiger partial charge is 0.269 e. The van der Waals surface area contributed by atoms with E-state index in [1.165, 1.54) is 12.1 Å². The molecule has 1 aromatic carbocycles. The summed E-state index contributed by atoms with van der Waals surface area (Å²) >= 11 is 0. The first kappa shape index (κ1) is 19.4. The van der Waals surface area contributed by atoms with Gasteiger partial charge in [-0.1, -0.05) is 12.1 Å². The van der Waals surface area contributed by atoms with Crippen LogP contribution in [0.3, 0.4) is 0 Å². The number of Topliss-reactive ketones (excluding diaryl/α,β-unsaturated/α-hetero) is 1. The van der Waals surface area contributed by atoms with Crippen molar-refractivity contribution < 1.29 is 14.5 Å². The second-order valence-electron chi connectivity index (χ2n) is 7.85. The maximum atomic E-state index is 12.9. The maximum Gasteiger partial charge on any atom is 0.269 e. The SMILES string of the molecule is Nc1nc(N2CCOCC2)nc2c1C(c1ccc([N+](=O)[O-])cc1)C1=C(CCCC1=O)N2. The highest BCUT2D eigenvalue weighted by Gasteiger charge is 2.38. The Bertz CT molecular complexity index is 1090. The minimum atomic E-state index is -0.460. The zero-order chi connectivity index (χ0) is 21.5. The summed E-state index contributed by atoms with van der Waals surface area (Å²) in [6, 6.07) is 6.26. The van der Waals surface area contributed by atoms with Gasteiger partial charge in [-0.15, -0.1) is 0 Å². The number of ether oxygens (including phenoxy) is 1. The lowest BCUT2D eigenvalue weighted by molar-refractivity contribution is -0.384. The molecule has 0 radical (unpaired) electrons. The second kappa shape index (κ2) is 7.62. The van der Waals surface area contributed by atoms with Crippen molar-refractivity contribution in [3.8, 4) is 0 Å². The highest BCUT2D eigenvalue weighted by molar-refractivity contribution is 6.01. The van der Waals surface area contributed by atoms with E-state index >= 15 is 0 Å². The highest BCUT2D eigenvalue weighted by atomic mass is 16.6. The van der Waals surface area contributed by atoms with Crippen LogP contribution in [0, 0.1) is 10.1 Å². The number of carbonyl (C=O) groups excluding carboxylic acids is 1. The summed E-state index contributed by atoms with van der Waals surface area (Å²) < 4.78 is 5.41. The zero-order valence-electron chi connectivity index (χ0n) is 16.8. The van der Waals surface area contributed by atoms with Crippen LogP contribution in [0.25, 0.3) is 0 Å². The van der Waals surface area contributed by atoms with Crippen molar-refractivity contribution in [2.24, 2.45) is 0 Å². The lowest BCUT2D eigenvalue weighted by atomic mass is 9.76. The Hall–Kier alpha value is -3.53. The van der Waals surface area contributed by atoms with E-state index in [2.05, 4.69) is 10.3 Å². The molecule has 2 aliphatic heterocycles. The van der Waals surface area contributed by atoms with Crippen LogP contribution < -0.4 is 16.0 Å². The normalized spacial score (nSPS) is 20.7. The number of ketones is 1. The van der Waals surface area contributed by atoms with Crippen LogP contribution in [0.2, 0.25) is 0 Å². The van der Waals surface area contributed by atoms with E-state index in [1.54, 1.807) is 12.1 Å². The van der Waals surface area contributed by atoms with Crippen molar-refractivity contribution in [2.45, 2.75) is 25.2 Å². The first-order valence-electron chi connectivity index (χ1n) is 10.3. The molecular weight excluding hydrogens is 400 g/mol. The van der Waals surface area contributed by atoms with Crippen LogP contribution >= 0.6 is 0 Å². The van der Waals surface area contributed by atoms with E-state index < -0.39 is 10.8 Å². The molecule has 3 N–H and O–H groups in total. The number of non-ortho nitro benzene ring substituents is 1. The molecule has 1 unspecified atom stereocenters. The average Bonchev–Trinajstić information content (AvgIpc) is 2.78. The minimum Gasteiger partial charge on any atom is -0.383 e. The molecule has 3 heterocycles. The van der Waals surface area contributed by atoms with Crippen LogP contribution in [0.5, 0.6) is 0 Å². The maximum absolute atomic E-state index is 12.9. The van der Waals surface area contributed by atoms with Crippen LogP contribution in [0.15, 0.2) is 35.5 Å². The first-order valence-corrected chi connectivity index (χ1v) is 10.3. The van der Waals surface area contributed by atoms with E-state index in [9.17, 15) is 14.9 Å². The van der Waals surface area contributed by atoms with Crippen LogP contribution in [-0.2, 0) is 9.53 Å². The number of nitrogens with two attached hydrogens (primary N) is 1. The number of carbonyl (C=O) groups is 1. The molecule has 1 fully saturated rings. The summed E-state index contributed by atoms with van der Waals surface area (Å²) in [5.74, 6) is 1.01. The second-order valence-corrected chi connectivity index (χ2v) is 7.85. The van der Waals surface area contributed by atoms with Crippen molar-refractivity contribution in [1.82, 2.24) is 9.97 Å². The Kier molecular flexibility index (Phi) is 4.78. The Balaban J connectivity index is 1.64. The first-order chi connectivity index (χ1) is 15.0. The van der Waals surface area contributed by atoms with Crippen molar-refractivity contribution >= 4 is 29.1 Å². The van der Waals surface area contributed by atoms with Gasteiger partial charge >= 0.3 is 0 Å². The highest BCUT2D eigenvalue weighted by Crippen LogP contribution is 2.47. The number of nitrogen functional groups attached to an aromatic ring is 1. The molecule has 160 valence electrons. The van der Waals surface area contributed by atoms with Crippen LogP contribution in [0.1, 0.15) is 36.3 Å². The molecule has 3 aliphatic rings. The molecule has 2 aromatic rings. The van der Waals surface area contributed by atoms with E-state index in [0.29, 0.717) is 61.4 Å². The molecule has 1 aromatic heterocycles. The predicted octanol–water partition coefficient (Wildman–Crippen LogP) is 2.37. The molecule has 0 amide bonds. The Morgan fingerprint density at radius 2 is 1.90 bits per heavy atom. The topological polar surface area (TPSA) is 137 Å². The molecule has 0 spiro atoms. The van der Waals surface area contributed by atoms with Gasteiger partial charge in [-0.05, 0) is 18.4 Å². The fourth-order valence-corrected chi connectivity index (χ4v) is 4.50. The molecule has 10 nitrogen and oxygen atoms in total. The molecule has 1 saturated heterocycles. The molecular formula is C21H22N6O4. The van der Waals surface area contributed by atoms with Crippen LogP contribution in [0.4, 0.5) is 23.3 Å². The standard InChI is InChI=1S/C21H22N6O4/c22-19-18-16(12-4-6-13(7-5-12)27(29)30)17-14(2-1-3-15(17)28)23-20(18)25-21(24-19)26-8-10-31-11-9-26/h4-7,16H,1-3,8-11H2,(H3,22,23,24,25). The number of hydrogen-bond acceptors (Lipinski definition) is 9. The number of benzene rings is 1. The lowest BCUT2D eigenvalue weighted by Gasteiger charge is -2.35. The number of morpholine rings is 1. The third-order valence-corrected chi connectivity index (χ3v) is 6.00. The van der Waals surface area contributed by atoms with Gasteiger partial charge in [-0.2, -0.15) is 9.97 Å². The quantitative estimate of drug-likeness (QED) is 0.564. The number of nitrogens with one attached hydrogen (secondary N) is 1. The summed E-state index contributed by atoms with van der Waals surface area (Å²) in [7, 11) is 0. The van der Waals surface area contributed by atoms with Gasteiger partial charge in [0.05, 0.1) is 18.1 Å². The van der Waals surface area contributed by atoms with Gasteiger partial charge in [0.1, 0.15) is 11.6 Å². The Morgan fingerprint density at radius 3 is 2.61 bits per heavy atom. The molecule has 0 bridgehead atoms. The summed E-state index contributed by atoms with van der Waals surface area (Å²) in [5.41, 5.74) is 9.32. The minimum absolute atomic E-state index is 0.00558. The summed E-state index contributed by atoms with van der Waals surface area (Å²) in [6.07, 6.45) is 1.97. The fraction of sp³-hybridized carbons (Fsp3) is 0.381. The fourth-order valence-electron chi connectivity index (χ4n) is 4.50. The summed E-state index contributed by atoms with van der Waals surface area (Å²) in [6.45, 7) is 2.55. The predicted molar refractivity (Wildman–Crippen MR) is 114 cm³/mol. The van der Waals surface area contributed by atoms with Gasteiger partial charge in [0.25, 0.3) is 5.69 Å². The third kappa shape index (κ3) is 3.38. The summed E-state index contributed by atoms with van der Waals surface area (Å²) in [4.78, 5) is 34.9. The van der Waals surface area contributed by atoms with E-state index in [1.807, 2.05) is 4.90 Å². The average molecular weight is 422 g/mol. The molecule has 5 rings (SSSR count). The largest absolute Gasteiger partial charge is 0.383 e. The van der Waals surface area contributed by atoms with Crippen LogP contribution in [-0.4, -0.2) is 47.0 Å². The number of nitrogens with zero attached hydrogens (tertiary/aromatic N) is 4. The van der Waals surface area contributed by atoms with E-state index in [-0.39, 0.29) is 11.5 Å². The summed E-state index contributed by atoms with van der Waals surface area (Å²) in [5, 5.41) is 14.4. The van der Waals surface area contributed by atoms with Crippen molar-refractivity contribution in [2.75, 3.05) is 42.3 Å². The molecule has 1 atom stereocenters. The Labute approximate surface area is 178 Å². The number of rotatable bonds is 3. The number of anilines is 3. The number of hydrogen-bond donors (Lipinski definition) is 2. The van der Waals surface area contributed by atoms with Gasteiger partial charge < -0.3 is 20.7 Å². The molecule has 0 saturated carbocycles. The number of aromatic nitrogens is 2. The van der Waals surface area contributed by atoms with Crippen molar-refractivity contribution in [1.29, 1.82) is 0 Å². The molecule has 1 aliphatic carbocycles. The number of nitro benzene ring substituents is 1. The number of allylic oxidation sites excluding steroid dienone is 2. The van der Waals surface area contributed by atoms with Gasteiger partial charge in [0.2, 0.25) is 5.95 Å². The molecule has 31 heavy (non-hydrogen) atoms.